The number of ketones is 1. The maximum atomic E-state index is 11.2. The Morgan fingerprint density at radius 3 is 2.54 bits per heavy atom. The van der Waals surface area contributed by atoms with Crippen LogP contribution in [-0.2, 0) is 0 Å². The van der Waals surface area contributed by atoms with Gasteiger partial charge < -0.3 is 9.47 Å². The van der Waals surface area contributed by atoms with Gasteiger partial charge in [0.2, 0.25) is 5.88 Å². The zero-order valence-electron chi connectivity index (χ0n) is 7.83. The number of pyridine rings is 1. The fraction of sp³-hybridized carbons (Fsp3) is 0.333. The molecule has 0 aliphatic heterocycles. The molecule has 13 heavy (non-hydrogen) atoms. The molecule has 70 valence electrons. The van der Waals surface area contributed by atoms with E-state index in [-0.39, 0.29) is 5.78 Å². The van der Waals surface area contributed by atoms with E-state index in [4.69, 9.17) is 9.47 Å². The molecule has 0 atom stereocenters. The van der Waals surface area contributed by atoms with E-state index in [1.807, 2.05) is 0 Å². The van der Waals surface area contributed by atoms with E-state index >= 15 is 0 Å². The fourth-order valence-electron chi connectivity index (χ4n) is 1.07. The topological polar surface area (TPSA) is 48.4 Å². The number of aromatic nitrogens is 1. The zero-order valence-corrected chi connectivity index (χ0v) is 7.83. The number of methoxy groups -OCH3 is 2. The van der Waals surface area contributed by atoms with Crippen LogP contribution in [0.5, 0.6) is 11.6 Å². The maximum absolute atomic E-state index is 11.2. The minimum atomic E-state index is -0.123. The average molecular weight is 181 g/mol. The molecule has 0 aliphatic carbocycles. The molecule has 0 aromatic carbocycles. The third-order valence-electron chi connectivity index (χ3n) is 1.64. The van der Waals surface area contributed by atoms with Crippen molar-refractivity contribution in [1.29, 1.82) is 0 Å². The Balaban J connectivity index is 3.29. The lowest BCUT2D eigenvalue weighted by Crippen LogP contribution is -2.02. The largest absolute Gasteiger partial charge is 0.496 e. The first kappa shape index (κ1) is 9.51. The number of nitrogens with zero attached hydrogens (tertiary/aromatic N) is 1. The van der Waals surface area contributed by atoms with Gasteiger partial charge in [-0.05, 0) is 13.0 Å². The monoisotopic (exact) mass is 181 g/mol. The molecular formula is C9H11NO3. The molecule has 1 rings (SSSR count). The van der Waals surface area contributed by atoms with Crippen LogP contribution in [0, 0.1) is 0 Å². The van der Waals surface area contributed by atoms with Gasteiger partial charge in [0.05, 0.1) is 14.2 Å². The van der Waals surface area contributed by atoms with Gasteiger partial charge in [-0.2, -0.15) is 0 Å². The van der Waals surface area contributed by atoms with Gasteiger partial charge in [-0.3, -0.25) is 4.79 Å². The summed E-state index contributed by atoms with van der Waals surface area (Å²) in [5.74, 6) is 0.660. The van der Waals surface area contributed by atoms with E-state index in [1.165, 1.54) is 27.3 Å². The van der Waals surface area contributed by atoms with E-state index in [1.54, 1.807) is 6.07 Å². The van der Waals surface area contributed by atoms with Crippen LogP contribution in [-0.4, -0.2) is 25.0 Å². The lowest BCUT2D eigenvalue weighted by Gasteiger charge is -2.08. The molecule has 1 aromatic heterocycles. The molecule has 0 saturated heterocycles. The molecule has 1 aromatic rings. The van der Waals surface area contributed by atoms with Crippen molar-refractivity contribution in [1.82, 2.24) is 4.98 Å². The average Bonchev–Trinajstić information content (AvgIpc) is 2.16. The van der Waals surface area contributed by atoms with E-state index in [0.29, 0.717) is 17.2 Å². The molecule has 0 bridgehead atoms. The Morgan fingerprint density at radius 2 is 2.08 bits per heavy atom. The Labute approximate surface area is 76.5 Å². The van der Waals surface area contributed by atoms with Crippen molar-refractivity contribution in [2.24, 2.45) is 0 Å². The number of hydrogen-bond donors (Lipinski definition) is 0. The highest BCUT2D eigenvalue weighted by atomic mass is 16.5. The van der Waals surface area contributed by atoms with E-state index in [9.17, 15) is 4.79 Å². The van der Waals surface area contributed by atoms with Crippen LogP contribution < -0.4 is 9.47 Å². The summed E-state index contributed by atoms with van der Waals surface area (Å²) >= 11 is 0. The lowest BCUT2D eigenvalue weighted by atomic mass is 10.2. The van der Waals surface area contributed by atoms with Crippen molar-refractivity contribution in [2.45, 2.75) is 6.92 Å². The van der Waals surface area contributed by atoms with Gasteiger partial charge in [0.15, 0.2) is 5.78 Å². The molecule has 4 heteroatoms. The number of ether oxygens (including phenoxy) is 2. The van der Waals surface area contributed by atoms with Gasteiger partial charge in [0.1, 0.15) is 11.3 Å². The molecule has 0 saturated carbocycles. The van der Waals surface area contributed by atoms with Crippen molar-refractivity contribution in [3.63, 3.8) is 0 Å². The second-order valence-corrected chi connectivity index (χ2v) is 2.45. The summed E-state index contributed by atoms with van der Waals surface area (Å²) in [6, 6.07) is 1.62. The minimum Gasteiger partial charge on any atom is -0.496 e. The second kappa shape index (κ2) is 3.89. The van der Waals surface area contributed by atoms with Crippen LogP contribution in [0.25, 0.3) is 0 Å². The zero-order chi connectivity index (χ0) is 9.84. The third-order valence-corrected chi connectivity index (χ3v) is 1.64. The van der Waals surface area contributed by atoms with Gasteiger partial charge in [0.25, 0.3) is 0 Å². The molecule has 1 heterocycles. The highest BCUT2D eigenvalue weighted by molar-refractivity contribution is 5.98. The summed E-state index contributed by atoms with van der Waals surface area (Å²) < 4.78 is 9.95. The van der Waals surface area contributed by atoms with Crippen molar-refractivity contribution < 1.29 is 14.3 Å². The Morgan fingerprint density at radius 1 is 1.38 bits per heavy atom. The smallest absolute Gasteiger partial charge is 0.227 e. The summed E-state index contributed by atoms with van der Waals surface area (Å²) in [5, 5.41) is 0. The van der Waals surface area contributed by atoms with Gasteiger partial charge in [-0.1, -0.05) is 0 Å². The molecule has 0 unspecified atom stereocenters. The van der Waals surface area contributed by atoms with Gasteiger partial charge in [0, 0.05) is 6.20 Å². The number of Topliss-reactive ketones (excluding diaryl/α,β-unsaturated/α-hetero) is 1. The number of carbonyl (C=O) groups is 1. The Kier molecular flexibility index (Phi) is 2.84. The predicted octanol–water partition coefficient (Wildman–Crippen LogP) is 1.30. The molecule has 0 spiro atoms. The van der Waals surface area contributed by atoms with Crippen LogP contribution in [0.4, 0.5) is 0 Å². The minimum absolute atomic E-state index is 0.123. The van der Waals surface area contributed by atoms with E-state index in [2.05, 4.69) is 4.98 Å². The summed E-state index contributed by atoms with van der Waals surface area (Å²) in [6.07, 6.45) is 1.53. The molecule has 0 aliphatic rings. The van der Waals surface area contributed by atoms with Crippen LogP contribution in [0.2, 0.25) is 0 Å². The maximum Gasteiger partial charge on any atom is 0.227 e. The highest BCUT2D eigenvalue weighted by Crippen LogP contribution is 2.25. The quantitative estimate of drug-likeness (QED) is 0.659. The van der Waals surface area contributed by atoms with Crippen LogP contribution in [0.3, 0.4) is 0 Å². The first-order valence-corrected chi connectivity index (χ1v) is 3.78. The molecule has 0 amide bonds. The van der Waals surface area contributed by atoms with Gasteiger partial charge >= 0.3 is 0 Å². The second-order valence-electron chi connectivity index (χ2n) is 2.45. The van der Waals surface area contributed by atoms with Crippen molar-refractivity contribution in [2.75, 3.05) is 14.2 Å². The molecule has 0 N–H and O–H groups in total. The first-order valence-electron chi connectivity index (χ1n) is 3.78. The Bertz CT molecular complexity index is 300. The molecule has 0 radical (unpaired) electrons. The summed E-state index contributed by atoms with van der Waals surface area (Å²) in [6.45, 7) is 1.45. The summed E-state index contributed by atoms with van der Waals surface area (Å²) in [4.78, 5) is 15.1. The van der Waals surface area contributed by atoms with Crippen molar-refractivity contribution >= 4 is 5.78 Å². The molecular weight excluding hydrogens is 170 g/mol. The Hall–Kier alpha value is -1.58. The number of hydrogen-bond acceptors (Lipinski definition) is 4. The summed E-state index contributed by atoms with van der Waals surface area (Å²) in [7, 11) is 2.97. The summed E-state index contributed by atoms with van der Waals surface area (Å²) in [5.41, 5.74) is 0.382. The first-order chi connectivity index (χ1) is 6.20. The SMILES string of the molecule is COc1ccnc(OC)c1C(C)=O. The van der Waals surface area contributed by atoms with Crippen molar-refractivity contribution in [3.05, 3.63) is 17.8 Å². The van der Waals surface area contributed by atoms with Crippen LogP contribution >= 0.6 is 0 Å². The number of carbonyl (C=O) groups excluding carboxylic acids is 1. The van der Waals surface area contributed by atoms with Gasteiger partial charge in [-0.25, -0.2) is 4.98 Å². The third kappa shape index (κ3) is 1.77. The normalized spacial score (nSPS) is 9.46. The van der Waals surface area contributed by atoms with E-state index < -0.39 is 0 Å². The van der Waals surface area contributed by atoms with Crippen LogP contribution in [0.15, 0.2) is 12.3 Å². The highest BCUT2D eigenvalue weighted by Gasteiger charge is 2.14. The van der Waals surface area contributed by atoms with Gasteiger partial charge in [-0.15, -0.1) is 0 Å². The number of rotatable bonds is 3. The standard InChI is InChI=1S/C9H11NO3/c1-6(11)8-7(12-2)4-5-10-9(8)13-3/h4-5H,1-3H3. The lowest BCUT2D eigenvalue weighted by molar-refractivity contribution is 0.101. The predicted molar refractivity (Wildman–Crippen MR) is 47.3 cm³/mol. The fourth-order valence-corrected chi connectivity index (χ4v) is 1.07. The van der Waals surface area contributed by atoms with E-state index in [0.717, 1.165) is 0 Å². The van der Waals surface area contributed by atoms with Crippen LogP contribution in [0.1, 0.15) is 17.3 Å². The van der Waals surface area contributed by atoms with Crippen molar-refractivity contribution in [3.8, 4) is 11.6 Å². The molecule has 4 nitrogen and oxygen atoms in total. The molecule has 0 fully saturated rings.